The Morgan fingerprint density at radius 3 is 2.83 bits per heavy atom. The van der Waals surface area contributed by atoms with E-state index in [0.29, 0.717) is 5.75 Å². The number of amides is 1. The van der Waals surface area contributed by atoms with Gasteiger partial charge in [0.1, 0.15) is 11.5 Å². The van der Waals surface area contributed by atoms with Crippen molar-refractivity contribution in [3.63, 3.8) is 0 Å². The summed E-state index contributed by atoms with van der Waals surface area (Å²) in [6.07, 6.45) is 0.819. The number of nitrogens with zero attached hydrogens (tertiary/aromatic N) is 1. The lowest BCUT2D eigenvalue weighted by Gasteiger charge is -2.27. The van der Waals surface area contributed by atoms with Gasteiger partial charge in [0.15, 0.2) is 6.61 Å². The molecule has 23 heavy (non-hydrogen) atoms. The number of hydrogen-bond donors (Lipinski definition) is 2. The van der Waals surface area contributed by atoms with E-state index in [1.54, 1.807) is 18.0 Å². The molecule has 0 bridgehead atoms. The van der Waals surface area contributed by atoms with Gasteiger partial charge in [0.25, 0.3) is 5.91 Å². The molecule has 1 unspecified atom stereocenters. The molecule has 2 aromatic carbocycles. The van der Waals surface area contributed by atoms with Crippen LogP contribution in [0.4, 0.5) is 11.4 Å². The third-order valence-electron chi connectivity index (χ3n) is 4.11. The van der Waals surface area contributed by atoms with Gasteiger partial charge in [-0.25, -0.2) is 0 Å². The number of carbonyl (C=O) groups excluding carboxylic acids is 1. The number of phenols is 1. The smallest absolute Gasteiger partial charge is 0.264 e. The zero-order valence-electron chi connectivity index (χ0n) is 13.2. The first-order chi connectivity index (χ1) is 11.1. The molecule has 1 heterocycles. The molecule has 0 aromatic heterocycles. The minimum absolute atomic E-state index is 0.0141. The molecule has 1 amide bonds. The Kier molecular flexibility index (Phi) is 4.10. The van der Waals surface area contributed by atoms with Gasteiger partial charge in [-0.3, -0.25) is 4.79 Å². The summed E-state index contributed by atoms with van der Waals surface area (Å²) in [4.78, 5) is 13.4. The number of hydrogen-bond acceptors (Lipinski definition) is 4. The second-order valence-corrected chi connectivity index (χ2v) is 5.59. The zero-order valence-corrected chi connectivity index (χ0v) is 13.2. The van der Waals surface area contributed by atoms with E-state index in [0.717, 1.165) is 23.4 Å². The highest BCUT2D eigenvalue weighted by Gasteiger charge is 2.23. The standard InChI is InChI=1S/C18H20N2O3/c1-3-14(13-6-4-5-7-16(13)21)19-12-8-9-17-15(10-12)20(2)18(22)11-23-17/h4-10,14,19,21H,3,11H2,1-2H3. The first-order valence-corrected chi connectivity index (χ1v) is 7.68. The van der Waals surface area contributed by atoms with Crippen molar-refractivity contribution in [1.29, 1.82) is 0 Å². The Hall–Kier alpha value is -2.69. The summed E-state index contributed by atoms with van der Waals surface area (Å²) in [6.45, 7) is 2.13. The topological polar surface area (TPSA) is 61.8 Å². The van der Waals surface area contributed by atoms with E-state index in [1.807, 2.05) is 36.4 Å². The number of ether oxygens (including phenoxy) is 1. The lowest BCUT2D eigenvalue weighted by Crippen LogP contribution is -2.35. The maximum absolute atomic E-state index is 11.8. The monoisotopic (exact) mass is 312 g/mol. The fraction of sp³-hybridized carbons (Fsp3) is 0.278. The van der Waals surface area contributed by atoms with Crippen LogP contribution in [-0.4, -0.2) is 24.7 Å². The number of anilines is 2. The van der Waals surface area contributed by atoms with E-state index in [2.05, 4.69) is 12.2 Å². The third kappa shape index (κ3) is 2.95. The minimum Gasteiger partial charge on any atom is -0.508 e. The van der Waals surface area contributed by atoms with Crippen molar-refractivity contribution in [3.05, 3.63) is 48.0 Å². The van der Waals surface area contributed by atoms with Gasteiger partial charge in [0, 0.05) is 18.3 Å². The highest BCUT2D eigenvalue weighted by molar-refractivity contribution is 5.97. The Morgan fingerprint density at radius 1 is 1.30 bits per heavy atom. The first kappa shape index (κ1) is 15.2. The fourth-order valence-corrected chi connectivity index (χ4v) is 2.75. The van der Waals surface area contributed by atoms with Gasteiger partial charge >= 0.3 is 0 Å². The van der Waals surface area contributed by atoms with Crippen LogP contribution in [0.2, 0.25) is 0 Å². The number of carbonyl (C=O) groups is 1. The Labute approximate surface area is 135 Å². The number of phenolic OH excluding ortho intramolecular Hbond substituents is 1. The predicted octanol–water partition coefficient (Wildman–Crippen LogP) is 3.31. The first-order valence-electron chi connectivity index (χ1n) is 7.68. The van der Waals surface area contributed by atoms with Crippen LogP contribution in [0, 0.1) is 0 Å². The molecular formula is C18H20N2O3. The van der Waals surface area contributed by atoms with Gasteiger partial charge in [-0.05, 0) is 30.7 Å². The minimum atomic E-state index is -0.0672. The molecule has 3 rings (SSSR count). The molecule has 2 N–H and O–H groups in total. The summed E-state index contributed by atoms with van der Waals surface area (Å²) in [5.41, 5.74) is 2.48. The van der Waals surface area contributed by atoms with Crippen molar-refractivity contribution in [2.24, 2.45) is 0 Å². The van der Waals surface area contributed by atoms with Gasteiger partial charge < -0.3 is 20.1 Å². The molecule has 0 saturated heterocycles. The van der Waals surface area contributed by atoms with Crippen LogP contribution in [0.5, 0.6) is 11.5 Å². The zero-order chi connectivity index (χ0) is 16.4. The van der Waals surface area contributed by atoms with Crippen molar-refractivity contribution >= 4 is 17.3 Å². The molecule has 0 aliphatic carbocycles. The number of aromatic hydroxyl groups is 1. The normalized spacial score (nSPS) is 14.9. The van der Waals surface area contributed by atoms with Crippen LogP contribution in [0.15, 0.2) is 42.5 Å². The van der Waals surface area contributed by atoms with E-state index in [1.165, 1.54) is 0 Å². The predicted molar refractivity (Wildman–Crippen MR) is 90.1 cm³/mol. The number of rotatable bonds is 4. The molecule has 5 nitrogen and oxygen atoms in total. The quantitative estimate of drug-likeness (QED) is 0.909. The summed E-state index contributed by atoms with van der Waals surface area (Å²) in [5.74, 6) is 0.913. The summed E-state index contributed by atoms with van der Waals surface area (Å²) < 4.78 is 5.44. The lowest BCUT2D eigenvalue weighted by molar-refractivity contribution is -0.120. The summed E-state index contributed by atoms with van der Waals surface area (Å²) >= 11 is 0. The average Bonchev–Trinajstić information content (AvgIpc) is 2.57. The van der Waals surface area contributed by atoms with Gasteiger partial charge in [-0.2, -0.15) is 0 Å². The molecule has 0 spiro atoms. The van der Waals surface area contributed by atoms with Crippen LogP contribution in [0.1, 0.15) is 24.9 Å². The van der Waals surface area contributed by atoms with E-state index >= 15 is 0 Å². The summed E-state index contributed by atoms with van der Waals surface area (Å²) in [7, 11) is 1.74. The van der Waals surface area contributed by atoms with Crippen LogP contribution < -0.4 is 15.0 Å². The average molecular weight is 312 g/mol. The summed E-state index contributed by atoms with van der Waals surface area (Å²) in [5, 5.41) is 13.5. The van der Waals surface area contributed by atoms with Gasteiger partial charge in [-0.1, -0.05) is 25.1 Å². The molecular weight excluding hydrogens is 292 g/mol. The molecule has 5 heteroatoms. The second-order valence-electron chi connectivity index (χ2n) is 5.59. The molecule has 1 atom stereocenters. The Morgan fingerprint density at radius 2 is 2.09 bits per heavy atom. The largest absolute Gasteiger partial charge is 0.508 e. The number of para-hydroxylation sites is 1. The lowest BCUT2D eigenvalue weighted by atomic mass is 10.0. The Bertz CT molecular complexity index is 730. The van der Waals surface area contributed by atoms with Crippen molar-refractivity contribution in [2.45, 2.75) is 19.4 Å². The number of benzene rings is 2. The highest BCUT2D eigenvalue weighted by Crippen LogP contribution is 2.36. The number of likely N-dealkylation sites (N-methyl/N-ethyl adjacent to an activating group) is 1. The second kappa shape index (κ2) is 6.20. The Balaban J connectivity index is 1.88. The molecule has 1 aliphatic heterocycles. The van der Waals surface area contributed by atoms with Gasteiger partial charge in [0.05, 0.1) is 11.7 Å². The van der Waals surface area contributed by atoms with Crippen LogP contribution >= 0.6 is 0 Å². The maximum Gasteiger partial charge on any atom is 0.264 e. The SMILES string of the molecule is CCC(Nc1ccc2c(c1)N(C)C(=O)CO2)c1ccccc1O. The van der Waals surface area contributed by atoms with E-state index < -0.39 is 0 Å². The fourth-order valence-electron chi connectivity index (χ4n) is 2.75. The van der Waals surface area contributed by atoms with Crippen LogP contribution in [0.3, 0.4) is 0 Å². The van der Waals surface area contributed by atoms with Crippen LogP contribution in [-0.2, 0) is 4.79 Å². The van der Waals surface area contributed by atoms with E-state index in [4.69, 9.17) is 4.74 Å². The van der Waals surface area contributed by atoms with E-state index in [9.17, 15) is 9.90 Å². The number of fused-ring (bicyclic) bond motifs is 1. The highest BCUT2D eigenvalue weighted by atomic mass is 16.5. The van der Waals surface area contributed by atoms with Crippen molar-refractivity contribution < 1.29 is 14.6 Å². The molecule has 120 valence electrons. The van der Waals surface area contributed by atoms with Crippen LogP contribution in [0.25, 0.3) is 0 Å². The van der Waals surface area contributed by atoms with Crippen molar-refractivity contribution in [3.8, 4) is 11.5 Å². The maximum atomic E-state index is 11.8. The molecule has 0 saturated carbocycles. The summed E-state index contributed by atoms with van der Waals surface area (Å²) in [6, 6.07) is 13.0. The molecule has 1 aliphatic rings. The molecule has 0 radical (unpaired) electrons. The van der Waals surface area contributed by atoms with Crippen molar-refractivity contribution in [1.82, 2.24) is 0 Å². The van der Waals surface area contributed by atoms with Crippen molar-refractivity contribution in [2.75, 3.05) is 23.9 Å². The van der Waals surface area contributed by atoms with Gasteiger partial charge in [0.2, 0.25) is 0 Å². The van der Waals surface area contributed by atoms with Gasteiger partial charge in [-0.15, -0.1) is 0 Å². The molecule has 2 aromatic rings. The van der Waals surface area contributed by atoms with E-state index in [-0.39, 0.29) is 24.3 Å². The molecule has 0 fully saturated rings. The third-order valence-corrected chi connectivity index (χ3v) is 4.11. The number of nitrogens with one attached hydrogen (secondary N) is 1.